The summed E-state index contributed by atoms with van der Waals surface area (Å²) < 4.78 is 6.44. The van der Waals surface area contributed by atoms with Crippen LogP contribution in [0.1, 0.15) is 5.56 Å². The topological polar surface area (TPSA) is 51.0 Å². The molecule has 8 rings (SSSR count). The van der Waals surface area contributed by atoms with Crippen molar-refractivity contribution in [1.29, 1.82) is 0 Å². The lowest BCUT2D eigenvalue weighted by Crippen LogP contribution is -3.09. The van der Waals surface area contributed by atoms with E-state index in [1.54, 1.807) is 0 Å². The molecule has 3 heteroatoms. The maximum Gasteiger partial charge on any atom is 0.110 e. The van der Waals surface area contributed by atoms with Crippen LogP contribution >= 0.6 is 0 Å². The van der Waals surface area contributed by atoms with Crippen molar-refractivity contribution in [2.75, 3.05) is 0 Å². The van der Waals surface area contributed by atoms with Gasteiger partial charge in [0.25, 0.3) is 0 Å². The van der Waals surface area contributed by atoms with Gasteiger partial charge < -0.3 is 15.5 Å². The lowest BCUT2D eigenvalue weighted by atomic mass is 8.99. The number of para-hydroxylation sites is 1. The third-order valence-electron chi connectivity index (χ3n) is 7.84. The van der Waals surface area contributed by atoms with Crippen molar-refractivity contribution in [3.05, 3.63) is 36.0 Å². The number of benzene rings is 1. The van der Waals surface area contributed by atoms with E-state index in [1.807, 2.05) is 0 Å². The van der Waals surface area contributed by atoms with E-state index in [9.17, 15) is 0 Å². The van der Waals surface area contributed by atoms with Gasteiger partial charge in [0, 0.05) is 23.5 Å². The second-order valence-electron chi connectivity index (χ2n) is 7.96. The van der Waals surface area contributed by atoms with Gasteiger partial charge in [-0.25, -0.2) is 0 Å². The lowest BCUT2D eigenvalue weighted by Gasteiger charge is -3.06. The Balaban J connectivity index is 1.15. The van der Waals surface area contributed by atoms with Crippen LogP contribution in [0.5, 0.6) is 0 Å². The van der Waals surface area contributed by atoms with Crippen LogP contribution in [0.3, 0.4) is 0 Å². The van der Waals surface area contributed by atoms with E-state index in [0.29, 0.717) is 0 Å². The number of hydrogen-bond donors (Lipinski definition) is 2. The van der Waals surface area contributed by atoms with Gasteiger partial charge in [-0.05, 0) is 53.1 Å². The molecule has 0 saturated heterocycles. The third kappa shape index (κ3) is 0.779. The largest absolute Gasteiger partial charge is 0.361 e. The maximum atomic E-state index is 6.44. The summed E-state index contributed by atoms with van der Waals surface area (Å²) in [7, 11) is 0. The molecular weight excluding hydrogens is 260 g/mol. The molecule has 0 radical (unpaired) electrons. The van der Waals surface area contributed by atoms with Crippen molar-refractivity contribution in [2.24, 2.45) is 47.2 Å². The third-order valence-corrected chi connectivity index (χ3v) is 7.84. The molecule has 0 spiro atoms. The van der Waals surface area contributed by atoms with Gasteiger partial charge >= 0.3 is 0 Å². The summed E-state index contributed by atoms with van der Waals surface area (Å²) in [5.41, 5.74) is 9.10. The van der Waals surface area contributed by atoms with Crippen LogP contribution < -0.4 is 5.73 Å². The zero-order valence-corrected chi connectivity index (χ0v) is 11.7. The number of aromatic nitrogens is 1. The molecule has 2 aromatic rings. The molecule has 6 fully saturated rings. The van der Waals surface area contributed by atoms with Crippen molar-refractivity contribution in [1.82, 2.24) is 4.98 Å². The molecule has 0 bridgehead atoms. The number of aromatic amines is 1. The molecule has 21 heavy (non-hydrogen) atoms. The van der Waals surface area contributed by atoms with E-state index < -0.39 is 0 Å². The van der Waals surface area contributed by atoms with E-state index in [0.717, 1.165) is 47.8 Å². The Morgan fingerprint density at radius 1 is 1.10 bits per heavy atom. The number of fused-ring (bicyclic) bond motifs is 1. The first-order valence-electron chi connectivity index (χ1n) is 8.31. The van der Waals surface area contributed by atoms with Gasteiger partial charge in [-0.3, -0.25) is 0 Å². The van der Waals surface area contributed by atoms with Crippen molar-refractivity contribution < 1.29 is 4.74 Å². The summed E-state index contributed by atoms with van der Waals surface area (Å²) in [6.45, 7) is 0. The maximum absolute atomic E-state index is 6.44. The quantitative estimate of drug-likeness (QED) is 0.842. The minimum absolute atomic E-state index is 0.144. The van der Waals surface area contributed by atoms with Gasteiger partial charge in [0.15, 0.2) is 0 Å². The molecule has 3 nitrogen and oxygen atoms in total. The first-order valence-corrected chi connectivity index (χ1v) is 8.31. The highest BCUT2D eigenvalue weighted by molar-refractivity contribution is 5.83. The zero-order valence-electron chi connectivity index (χ0n) is 11.7. The second kappa shape index (κ2) is 2.80. The number of rotatable bonds is 4. The summed E-state index contributed by atoms with van der Waals surface area (Å²) in [6, 6.07) is 8.43. The Kier molecular flexibility index (Phi) is 1.39. The molecule has 6 aliphatic carbocycles. The highest BCUT2D eigenvalue weighted by Crippen LogP contribution is 3.03. The van der Waals surface area contributed by atoms with Gasteiger partial charge in [-0.1, -0.05) is 18.2 Å². The van der Waals surface area contributed by atoms with E-state index in [1.165, 1.54) is 16.5 Å². The number of hydrogen-bond acceptors (Lipinski definition) is 2. The Morgan fingerprint density at radius 3 is 2.57 bits per heavy atom. The SMILES string of the molecule is NC(Cc1c[nH]c2ccccc12)OC12C3C4C5C3C1C5C42. The number of ether oxygens (including phenoxy) is 1. The minimum atomic E-state index is -0.144. The molecule has 3 N–H and O–H groups in total. The summed E-state index contributed by atoms with van der Waals surface area (Å²) in [4.78, 5) is 3.33. The van der Waals surface area contributed by atoms with Crippen molar-refractivity contribution in [2.45, 2.75) is 18.2 Å². The lowest BCUT2D eigenvalue weighted by molar-refractivity contribution is -0.629. The molecular formula is C18H18N2O. The number of nitrogens with two attached hydrogens (primary N) is 1. The van der Waals surface area contributed by atoms with Crippen molar-refractivity contribution >= 4 is 10.9 Å². The van der Waals surface area contributed by atoms with E-state index in [-0.39, 0.29) is 11.8 Å². The van der Waals surface area contributed by atoms with E-state index >= 15 is 0 Å². The van der Waals surface area contributed by atoms with Gasteiger partial charge in [-0.15, -0.1) is 0 Å². The van der Waals surface area contributed by atoms with Crippen LogP contribution in [0.4, 0.5) is 0 Å². The molecule has 1 atom stereocenters. The number of nitrogens with one attached hydrogen (secondary N) is 1. The van der Waals surface area contributed by atoms with Crippen LogP contribution in [0.2, 0.25) is 0 Å². The van der Waals surface area contributed by atoms with Crippen LogP contribution in [-0.2, 0) is 11.2 Å². The zero-order chi connectivity index (χ0) is 13.5. The monoisotopic (exact) mass is 278 g/mol. The average molecular weight is 278 g/mol. The Labute approximate surface area is 122 Å². The molecule has 1 aromatic carbocycles. The normalized spacial score (nSPS) is 53.9. The van der Waals surface area contributed by atoms with Gasteiger partial charge in [0.2, 0.25) is 0 Å². The number of H-pyrrole nitrogens is 1. The van der Waals surface area contributed by atoms with Crippen LogP contribution in [-0.4, -0.2) is 16.8 Å². The fourth-order valence-corrected chi connectivity index (χ4v) is 7.38. The predicted molar refractivity (Wildman–Crippen MR) is 78.2 cm³/mol. The summed E-state index contributed by atoms with van der Waals surface area (Å²) in [6.07, 6.45) is 2.77. The Morgan fingerprint density at radius 2 is 1.81 bits per heavy atom. The first kappa shape index (κ1) is 10.4. The molecule has 6 aliphatic rings. The standard InChI is InChI=1S/C18H18N2O/c19-10(5-7-6-20-9-4-2-1-3-8(7)9)21-18-15-12-11-13(15)17(18)14(11)16(12)18/h1-4,6,10-17,20H,5,19H2. The smallest absolute Gasteiger partial charge is 0.110 e. The summed E-state index contributed by atoms with van der Waals surface area (Å²) >= 11 is 0. The van der Waals surface area contributed by atoms with Crippen molar-refractivity contribution in [3.63, 3.8) is 0 Å². The fraction of sp³-hybridized carbons (Fsp3) is 0.556. The molecule has 1 unspecified atom stereocenters. The molecule has 0 aliphatic heterocycles. The minimum Gasteiger partial charge on any atom is -0.361 e. The van der Waals surface area contributed by atoms with Gasteiger partial charge in [0.05, 0.1) is 5.60 Å². The fourth-order valence-electron chi connectivity index (χ4n) is 7.38. The molecule has 1 heterocycles. The molecule has 1 aromatic heterocycles. The molecule has 0 amide bonds. The van der Waals surface area contributed by atoms with Crippen molar-refractivity contribution in [3.8, 4) is 0 Å². The van der Waals surface area contributed by atoms with E-state index in [2.05, 4.69) is 35.4 Å². The highest BCUT2D eigenvalue weighted by atomic mass is 16.5. The Bertz CT molecular complexity index is 758. The average Bonchev–Trinajstić information content (AvgIpc) is 2.91. The van der Waals surface area contributed by atoms with Crippen LogP contribution in [0.25, 0.3) is 10.9 Å². The Hall–Kier alpha value is -1.32. The molecule has 106 valence electrons. The molecule has 6 saturated carbocycles. The highest BCUT2D eigenvalue weighted by Gasteiger charge is 3.05. The van der Waals surface area contributed by atoms with E-state index in [4.69, 9.17) is 10.5 Å². The second-order valence-corrected chi connectivity index (χ2v) is 7.96. The van der Waals surface area contributed by atoms with Crippen LogP contribution in [0, 0.1) is 41.4 Å². The first-order chi connectivity index (χ1) is 10.3. The van der Waals surface area contributed by atoms with Gasteiger partial charge in [-0.2, -0.15) is 0 Å². The van der Waals surface area contributed by atoms with Gasteiger partial charge in [0.1, 0.15) is 6.23 Å². The van der Waals surface area contributed by atoms with Crippen LogP contribution in [0.15, 0.2) is 30.5 Å². The summed E-state index contributed by atoms with van der Waals surface area (Å²) in [5, 5.41) is 1.28. The summed E-state index contributed by atoms with van der Waals surface area (Å²) in [5.74, 6) is 7.06. The predicted octanol–water partition coefficient (Wildman–Crippen LogP) is 2.13.